The quantitative estimate of drug-likeness (QED) is 0.114. The van der Waals surface area contributed by atoms with Crippen molar-refractivity contribution in [2.45, 2.75) is 52.3 Å². The molecule has 2 aromatic heterocycles. The average molecular weight is 901 g/mol. The molecule has 0 bridgehead atoms. The molecular formula is C49H60N10O7. The summed E-state index contributed by atoms with van der Waals surface area (Å²) >= 11 is 0. The van der Waals surface area contributed by atoms with E-state index in [-0.39, 0.29) is 6.03 Å². The van der Waals surface area contributed by atoms with E-state index >= 15 is 0 Å². The van der Waals surface area contributed by atoms with Gasteiger partial charge >= 0.3 is 12.1 Å². The van der Waals surface area contributed by atoms with Crippen molar-refractivity contribution >= 4 is 41.2 Å². The van der Waals surface area contributed by atoms with E-state index in [0.717, 1.165) is 73.0 Å². The average Bonchev–Trinajstić information content (AvgIpc) is 3.78. The van der Waals surface area contributed by atoms with Crippen molar-refractivity contribution < 1.29 is 33.3 Å². The Morgan fingerprint density at radius 3 is 1.92 bits per heavy atom. The number of urea groups is 1. The van der Waals surface area contributed by atoms with Crippen molar-refractivity contribution in [3.8, 4) is 22.8 Å². The van der Waals surface area contributed by atoms with Gasteiger partial charge in [-0.25, -0.2) is 24.5 Å². The zero-order valence-electron chi connectivity index (χ0n) is 38.6. The normalized spacial score (nSPS) is 15.2. The van der Waals surface area contributed by atoms with Gasteiger partial charge in [-0.15, -0.1) is 0 Å². The summed E-state index contributed by atoms with van der Waals surface area (Å²) in [6.07, 6.45) is 4.50. The number of hydrogen-bond acceptors (Lipinski definition) is 14. The number of fused-ring (bicyclic) bond motifs is 1. The molecule has 0 aliphatic carbocycles. The minimum absolute atomic E-state index is 0.326. The Morgan fingerprint density at radius 2 is 1.35 bits per heavy atom. The smallest absolute Gasteiger partial charge is 0.414 e. The largest absolute Gasteiger partial charge is 0.497 e. The predicted molar refractivity (Wildman–Crippen MR) is 254 cm³/mol. The number of hydrogen-bond donors (Lipinski definition) is 1. The van der Waals surface area contributed by atoms with Gasteiger partial charge in [0.05, 0.1) is 46.3 Å². The van der Waals surface area contributed by atoms with Gasteiger partial charge in [0.25, 0.3) is 0 Å². The van der Waals surface area contributed by atoms with E-state index in [1.807, 2.05) is 81.4 Å². The third kappa shape index (κ3) is 11.6. The zero-order chi connectivity index (χ0) is 46.0. The Hall–Kier alpha value is -6.56. The molecule has 0 spiro atoms. The van der Waals surface area contributed by atoms with Gasteiger partial charge in [-0.1, -0.05) is 24.3 Å². The number of rotatable bonds is 15. The number of carbonyl (C=O) groups excluding carboxylic acids is 2. The molecule has 3 aliphatic rings. The van der Waals surface area contributed by atoms with E-state index in [1.165, 1.54) is 0 Å². The SMILES string of the molecule is COc1ccc(CN(Cc2ccc(OC)cc2)c2ncc(-c3nc(N4CCOCC4)nc4c3CCN4C(=O)Nc3ccc(N(CCCN4CCOCC4)C(=O)OC(C)(C)C)cc3)cn2)cc1. The van der Waals surface area contributed by atoms with Crippen molar-refractivity contribution in [1.82, 2.24) is 24.8 Å². The second-order valence-corrected chi connectivity index (χ2v) is 17.4. The first-order valence-electron chi connectivity index (χ1n) is 22.6. The van der Waals surface area contributed by atoms with Gasteiger partial charge in [0.15, 0.2) is 0 Å². The lowest BCUT2D eigenvalue weighted by atomic mass is 10.1. The van der Waals surface area contributed by atoms with Crippen molar-refractivity contribution in [2.75, 3.05) is 111 Å². The molecule has 17 nitrogen and oxygen atoms in total. The monoisotopic (exact) mass is 900 g/mol. The zero-order valence-corrected chi connectivity index (χ0v) is 38.6. The van der Waals surface area contributed by atoms with Crippen molar-refractivity contribution in [3.05, 3.63) is 102 Å². The fourth-order valence-corrected chi connectivity index (χ4v) is 8.13. The van der Waals surface area contributed by atoms with Crippen molar-refractivity contribution in [1.29, 1.82) is 0 Å². The first-order valence-corrected chi connectivity index (χ1v) is 22.6. The van der Waals surface area contributed by atoms with Crippen LogP contribution in [0, 0.1) is 0 Å². The Balaban J connectivity index is 1.02. The lowest BCUT2D eigenvalue weighted by Crippen LogP contribution is -2.40. The molecule has 3 aromatic carbocycles. The Bertz CT molecular complexity index is 2340. The summed E-state index contributed by atoms with van der Waals surface area (Å²) < 4.78 is 27.7. The van der Waals surface area contributed by atoms with Crippen LogP contribution in [0.4, 0.5) is 38.7 Å². The molecule has 17 heteroatoms. The number of nitrogens with zero attached hydrogens (tertiary/aromatic N) is 9. The molecule has 3 aliphatic heterocycles. The minimum atomic E-state index is -0.654. The van der Waals surface area contributed by atoms with E-state index in [2.05, 4.69) is 20.0 Å². The maximum atomic E-state index is 14.2. The van der Waals surface area contributed by atoms with E-state index in [4.69, 9.17) is 43.6 Å². The van der Waals surface area contributed by atoms with Gasteiger partial charge in [-0.2, -0.15) is 4.98 Å². The van der Waals surface area contributed by atoms with Crippen LogP contribution >= 0.6 is 0 Å². The van der Waals surface area contributed by atoms with E-state index in [1.54, 1.807) is 48.5 Å². The third-order valence-corrected chi connectivity index (χ3v) is 11.6. The molecular weight excluding hydrogens is 841 g/mol. The molecule has 2 saturated heterocycles. The first-order chi connectivity index (χ1) is 32.0. The van der Waals surface area contributed by atoms with Crippen LogP contribution in [0.2, 0.25) is 0 Å². The molecule has 3 amide bonds. The fraction of sp³-hybridized carbons (Fsp3) is 0.429. The first kappa shape index (κ1) is 46.0. The number of nitrogens with one attached hydrogen (secondary N) is 1. The van der Waals surface area contributed by atoms with Gasteiger partial charge in [-0.05, 0) is 93.3 Å². The Kier molecular flexibility index (Phi) is 14.7. The van der Waals surface area contributed by atoms with Crippen molar-refractivity contribution in [2.24, 2.45) is 0 Å². The van der Waals surface area contributed by atoms with Crippen LogP contribution in [-0.4, -0.2) is 129 Å². The van der Waals surface area contributed by atoms with Crippen LogP contribution in [0.5, 0.6) is 11.5 Å². The topological polar surface area (TPSA) is 160 Å². The molecule has 0 atom stereocenters. The highest BCUT2D eigenvalue weighted by molar-refractivity contribution is 6.03. The molecule has 0 unspecified atom stereocenters. The highest BCUT2D eigenvalue weighted by atomic mass is 16.6. The molecule has 1 N–H and O–H groups in total. The molecule has 5 aromatic rings. The van der Waals surface area contributed by atoms with Gasteiger partial charge in [0.2, 0.25) is 11.9 Å². The molecule has 0 radical (unpaired) electrons. The number of aromatic nitrogens is 4. The van der Waals surface area contributed by atoms with Crippen LogP contribution in [0.25, 0.3) is 11.3 Å². The number of carbonyl (C=O) groups is 2. The summed E-state index contributed by atoms with van der Waals surface area (Å²) in [5.74, 6) is 3.18. The summed E-state index contributed by atoms with van der Waals surface area (Å²) in [7, 11) is 3.31. The van der Waals surface area contributed by atoms with Crippen LogP contribution in [-0.2, 0) is 33.7 Å². The standard InChI is InChI=1S/C49H60N10O7/c1-49(2,3)66-48(61)58(21-6-20-55-23-27-64-28-24-55)39-13-11-38(12-14-39)52-47(60)59-22-19-42-43(53-46(54-44(42)59)56-25-29-65-30-26-56)37-31-50-45(51-32-37)57(33-35-7-15-40(62-4)16-8-35)34-36-9-17-41(63-5)18-10-36/h7-18,31-32H,6,19-30,33-34H2,1-5H3,(H,52,60). The molecule has 348 valence electrons. The van der Waals surface area contributed by atoms with Gasteiger partial charge in [-0.3, -0.25) is 14.7 Å². The summed E-state index contributed by atoms with van der Waals surface area (Å²) in [6.45, 7) is 14.0. The highest BCUT2D eigenvalue weighted by Gasteiger charge is 2.32. The minimum Gasteiger partial charge on any atom is -0.497 e. The van der Waals surface area contributed by atoms with Gasteiger partial charge in [0, 0.05) is 93.8 Å². The number of anilines is 5. The Labute approximate surface area is 386 Å². The second kappa shape index (κ2) is 21.2. The van der Waals surface area contributed by atoms with Crippen molar-refractivity contribution in [3.63, 3.8) is 0 Å². The third-order valence-electron chi connectivity index (χ3n) is 11.6. The Morgan fingerprint density at radius 1 is 0.758 bits per heavy atom. The summed E-state index contributed by atoms with van der Waals surface area (Å²) in [5, 5.41) is 3.07. The molecule has 0 saturated carbocycles. The van der Waals surface area contributed by atoms with Crippen LogP contribution in [0.1, 0.15) is 43.9 Å². The summed E-state index contributed by atoms with van der Waals surface area (Å²) in [5.41, 5.74) is 5.00. The molecule has 5 heterocycles. The molecule has 8 rings (SSSR count). The van der Waals surface area contributed by atoms with E-state index < -0.39 is 11.7 Å². The number of methoxy groups -OCH3 is 2. The number of amides is 3. The van der Waals surface area contributed by atoms with Gasteiger partial charge < -0.3 is 38.8 Å². The molecule has 2 fully saturated rings. The maximum absolute atomic E-state index is 14.2. The van der Waals surface area contributed by atoms with Gasteiger partial charge in [0.1, 0.15) is 22.9 Å². The maximum Gasteiger partial charge on any atom is 0.414 e. The number of morpholine rings is 2. The summed E-state index contributed by atoms with van der Waals surface area (Å²) in [4.78, 5) is 57.4. The lowest BCUT2D eigenvalue weighted by Gasteiger charge is -2.30. The van der Waals surface area contributed by atoms with Crippen LogP contribution < -0.4 is 34.4 Å². The number of benzene rings is 3. The lowest BCUT2D eigenvalue weighted by molar-refractivity contribution is 0.0371. The summed E-state index contributed by atoms with van der Waals surface area (Å²) in [6, 6.07) is 22.9. The number of ether oxygens (including phenoxy) is 5. The molecule has 66 heavy (non-hydrogen) atoms. The van der Waals surface area contributed by atoms with E-state index in [0.29, 0.717) is 93.7 Å². The highest BCUT2D eigenvalue weighted by Crippen LogP contribution is 2.36. The fourth-order valence-electron chi connectivity index (χ4n) is 8.13. The predicted octanol–water partition coefficient (Wildman–Crippen LogP) is 7.05. The second-order valence-electron chi connectivity index (χ2n) is 17.4. The van der Waals surface area contributed by atoms with Crippen LogP contribution in [0.3, 0.4) is 0 Å². The van der Waals surface area contributed by atoms with Crippen LogP contribution in [0.15, 0.2) is 85.2 Å². The van der Waals surface area contributed by atoms with E-state index in [9.17, 15) is 9.59 Å².